The Hall–Kier alpha value is -4.93. The Morgan fingerprint density at radius 2 is 0.443 bits per heavy atom. The van der Waals surface area contributed by atoms with Crippen molar-refractivity contribution in [2.75, 3.05) is 141 Å². The van der Waals surface area contributed by atoms with Crippen LogP contribution in [0.4, 0.5) is 0 Å². The molecule has 0 rings (SSSR count). The number of methoxy groups -OCH3 is 6. The van der Waals surface area contributed by atoms with Crippen LogP contribution < -0.4 is 16.0 Å². The zero-order valence-electron chi connectivity index (χ0n) is 36.9. The van der Waals surface area contributed by atoms with Gasteiger partial charge >= 0.3 is 35.8 Å². The molecule has 22 heteroatoms. The molecule has 3 amide bonds. The standard InChI is InChI=1S/C39H69N7O15/c1-56-34(50)10-22-44(23-11-35(51)57-2)28-16-40-31(47)7-19-43(20-8-32(48)41-17-29-45(24-12-36(52)58-3)25-13-37(53)59-4)21-9-33(49)42-18-30-46(26-14-38(54)60-5)27-15-39(55)61-6/h7-30H2,1-6H3,(H,40,47)(H,41,48)(H,42,49). The summed E-state index contributed by atoms with van der Waals surface area (Å²) in [7, 11) is 7.71. The van der Waals surface area contributed by atoms with E-state index in [1.807, 2.05) is 19.6 Å². The van der Waals surface area contributed by atoms with E-state index < -0.39 is 35.8 Å². The van der Waals surface area contributed by atoms with Crippen LogP contribution in [0.15, 0.2) is 0 Å². The van der Waals surface area contributed by atoms with E-state index in [9.17, 15) is 43.2 Å². The van der Waals surface area contributed by atoms with Crippen LogP contribution in [0.1, 0.15) is 57.8 Å². The van der Waals surface area contributed by atoms with Gasteiger partial charge in [0.05, 0.1) is 81.2 Å². The van der Waals surface area contributed by atoms with Crippen molar-refractivity contribution in [1.29, 1.82) is 0 Å². The van der Waals surface area contributed by atoms with Gasteiger partial charge in [-0.3, -0.25) is 43.2 Å². The summed E-state index contributed by atoms with van der Waals surface area (Å²) in [6, 6.07) is 0. The Labute approximate surface area is 358 Å². The lowest BCUT2D eigenvalue weighted by molar-refractivity contribution is -0.142. The van der Waals surface area contributed by atoms with Crippen LogP contribution in [-0.4, -0.2) is 214 Å². The molecule has 3 N–H and O–H groups in total. The van der Waals surface area contributed by atoms with E-state index in [4.69, 9.17) is 28.4 Å². The summed E-state index contributed by atoms with van der Waals surface area (Å²) in [5.74, 6) is -3.28. The molecule has 0 heterocycles. The predicted molar refractivity (Wildman–Crippen MR) is 218 cm³/mol. The predicted octanol–water partition coefficient (Wildman–Crippen LogP) is -1.91. The molecule has 0 aliphatic rings. The molecule has 0 saturated carbocycles. The molecule has 0 unspecified atom stereocenters. The number of hydrogen-bond donors (Lipinski definition) is 3. The van der Waals surface area contributed by atoms with Gasteiger partial charge in [0.2, 0.25) is 17.7 Å². The molecule has 0 aromatic heterocycles. The highest BCUT2D eigenvalue weighted by molar-refractivity contribution is 5.77. The summed E-state index contributed by atoms with van der Waals surface area (Å²) in [6.07, 6.45) is 0.791. The second-order valence-corrected chi connectivity index (χ2v) is 13.6. The number of esters is 6. The fourth-order valence-electron chi connectivity index (χ4n) is 5.55. The fourth-order valence-corrected chi connectivity index (χ4v) is 5.55. The average Bonchev–Trinajstić information content (AvgIpc) is 3.26. The molecule has 61 heavy (non-hydrogen) atoms. The van der Waals surface area contributed by atoms with Crippen molar-refractivity contribution >= 4 is 53.5 Å². The first kappa shape index (κ1) is 56.1. The number of carbonyl (C=O) groups excluding carboxylic acids is 9. The largest absolute Gasteiger partial charge is 0.469 e. The second-order valence-electron chi connectivity index (χ2n) is 13.6. The van der Waals surface area contributed by atoms with Gasteiger partial charge in [0.15, 0.2) is 0 Å². The van der Waals surface area contributed by atoms with Crippen molar-refractivity contribution in [2.24, 2.45) is 0 Å². The highest BCUT2D eigenvalue weighted by Gasteiger charge is 2.17. The molecule has 350 valence electrons. The first-order valence-electron chi connectivity index (χ1n) is 20.3. The summed E-state index contributed by atoms with van der Waals surface area (Å²) in [6.45, 7) is 4.34. The summed E-state index contributed by atoms with van der Waals surface area (Å²) < 4.78 is 28.2. The monoisotopic (exact) mass is 875 g/mol. The minimum absolute atomic E-state index is 0.0538. The van der Waals surface area contributed by atoms with Crippen LogP contribution in [0.25, 0.3) is 0 Å². The molecular formula is C39H69N7O15. The molecule has 0 spiro atoms. The van der Waals surface area contributed by atoms with E-state index in [1.54, 1.807) is 0 Å². The van der Waals surface area contributed by atoms with E-state index >= 15 is 0 Å². The Morgan fingerprint density at radius 3 is 0.623 bits per heavy atom. The first-order valence-corrected chi connectivity index (χ1v) is 20.3. The van der Waals surface area contributed by atoms with Crippen molar-refractivity contribution in [1.82, 2.24) is 35.6 Å². The molecule has 0 bridgehead atoms. The Kier molecular flexibility index (Phi) is 32.9. The van der Waals surface area contributed by atoms with Crippen LogP contribution in [0.5, 0.6) is 0 Å². The molecule has 0 aromatic carbocycles. The van der Waals surface area contributed by atoms with Crippen LogP contribution in [0.3, 0.4) is 0 Å². The van der Waals surface area contributed by atoms with Gasteiger partial charge in [-0.2, -0.15) is 0 Å². The zero-order valence-corrected chi connectivity index (χ0v) is 36.9. The Balaban J connectivity index is 5.42. The maximum atomic E-state index is 12.9. The quantitative estimate of drug-likeness (QED) is 0.0459. The van der Waals surface area contributed by atoms with Gasteiger partial charge in [-0.05, 0) is 0 Å². The third kappa shape index (κ3) is 31.6. The number of amides is 3. The average molecular weight is 876 g/mol. The van der Waals surface area contributed by atoms with Crippen LogP contribution in [-0.2, 0) is 71.6 Å². The lowest BCUT2D eigenvalue weighted by atomic mass is 10.2. The van der Waals surface area contributed by atoms with Gasteiger partial charge in [-0.1, -0.05) is 0 Å². The number of carbonyl (C=O) groups is 9. The molecular weight excluding hydrogens is 806 g/mol. The van der Waals surface area contributed by atoms with Crippen LogP contribution in [0, 0.1) is 0 Å². The minimum atomic E-state index is -0.406. The number of ether oxygens (including phenoxy) is 6. The summed E-state index contributed by atoms with van der Waals surface area (Å²) in [4.78, 5) is 116. The number of hydrogen-bond acceptors (Lipinski definition) is 19. The molecule has 0 fully saturated rings. The van der Waals surface area contributed by atoms with Crippen molar-refractivity contribution in [3.63, 3.8) is 0 Å². The van der Waals surface area contributed by atoms with Gasteiger partial charge in [-0.15, -0.1) is 0 Å². The van der Waals surface area contributed by atoms with Gasteiger partial charge < -0.3 is 64.0 Å². The SMILES string of the molecule is COC(=O)CCN(CCNC(=O)CCN(CCC(=O)NCCN(CCC(=O)OC)CCC(=O)OC)CCC(=O)NCCN(CCC(=O)OC)CCC(=O)OC)CCC(=O)OC. The Morgan fingerprint density at radius 1 is 0.279 bits per heavy atom. The third-order valence-corrected chi connectivity index (χ3v) is 9.37. The summed E-state index contributed by atoms with van der Waals surface area (Å²) >= 11 is 0. The van der Waals surface area contributed by atoms with E-state index in [-0.39, 0.29) is 115 Å². The van der Waals surface area contributed by atoms with Gasteiger partial charge in [0, 0.05) is 117 Å². The molecule has 0 aliphatic heterocycles. The van der Waals surface area contributed by atoms with E-state index in [1.165, 1.54) is 42.7 Å². The van der Waals surface area contributed by atoms with Gasteiger partial charge in [0.25, 0.3) is 0 Å². The molecule has 22 nitrogen and oxygen atoms in total. The van der Waals surface area contributed by atoms with E-state index in [0.717, 1.165) is 0 Å². The smallest absolute Gasteiger partial charge is 0.306 e. The van der Waals surface area contributed by atoms with E-state index in [2.05, 4.69) is 16.0 Å². The topological polar surface area (TPSA) is 258 Å². The number of rotatable bonds is 36. The van der Waals surface area contributed by atoms with Crippen LogP contribution >= 0.6 is 0 Å². The summed E-state index contributed by atoms with van der Waals surface area (Å²) in [5.41, 5.74) is 0. The zero-order chi connectivity index (χ0) is 45.8. The third-order valence-electron chi connectivity index (χ3n) is 9.37. The van der Waals surface area contributed by atoms with Gasteiger partial charge in [-0.25, -0.2) is 0 Å². The normalized spacial score (nSPS) is 10.9. The highest BCUT2D eigenvalue weighted by atomic mass is 16.5. The maximum absolute atomic E-state index is 12.9. The van der Waals surface area contributed by atoms with Crippen molar-refractivity contribution in [3.8, 4) is 0 Å². The maximum Gasteiger partial charge on any atom is 0.306 e. The van der Waals surface area contributed by atoms with E-state index in [0.29, 0.717) is 58.9 Å². The molecule has 0 aliphatic carbocycles. The Bertz CT molecular complexity index is 1140. The molecule has 0 saturated heterocycles. The number of nitrogens with zero attached hydrogens (tertiary/aromatic N) is 4. The van der Waals surface area contributed by atoms with Crippen molar-refractivity contribution in [3.05, 3.63) is 0 Å². The van der Waals surface area contributed by atoms with Crippen molar-refractivity contribution in [2.45, 2.75) is 57.8 Å². The lowest BCUT2D eigenvalue weighted by Crippen LogP contribution is -2.41. The number of nitrogens with one attached hydrogen (secondary N) is 3. The molecule has 0 atom stereocenters. The lowest BCUT2D eigenvalue weighted by Gasteiger charge is -2.24. The highest BCUT2D eigenvalue weighted by Crippen LogP contribution is 2.02. The van der Waals surface area contributed by atoms with Gasteiger partial charge in [0.1, 0.15) is 0 Å². The second kappa shape index (κ2) is 35.8. The summed E-state index contributed by atoms with van der Waals surface area (Å²) in [5, 5.41) is 8.52. The first-order chi connectivity index (χ1) is 29.2. The molecule has 0 radical (unpaired) electrons. The van der Waals surface area contributed by atoms with Crippen LogP contribution in [0.2, 0.25) is 0 Å². The molecule has 0 aromatic rings. The minimum Gasteiger partial charge on any atom is -0.469 e. The fraction of sp³-hybridized carbons (Fsp3) is 0.769. The van der Waals surface area contributed by atoms with Crippen molar-refractivity contribution < 1.29 is 71.6 Å².